The largest absolute Gasteiger partial charge is 0.338 e. The van der Waals surface area contributed by atoms with Gasteiger partial charge in [-0.2, -0.15) is 0 Å². The van der Waals surface area contributed by atoms with E-state index in [1.165, 1.54) is 50.6 Å². The first-order valence-electron chi connectivity index (χ1n) is 11.1. The van der Waals surface area contributed by atoms with Crippen molar-refractivity contribution in [1.29, 1.82) is 0 Å². The molecular weight excluding hydrogens is 336 g/mol. The summed E-state index contributed by atoms with van der Waals surface area (Å²) >= 11 is 0. The van der Waals surface area contributed by atoms with Gasteiger partial charge in [0.25, 0.3) is 0 Å². The monoisotopic (exact) mass is 372 g/mol. The molecule has 2 aliphatic carbocycles. The molecule has 2 heterocycles. The van der Waals surface area contributed by atoms with E-state index in [1.807, 2.05) is 12.5 Å². The molecule has 0 aromatic carbocycles. The Morgan fingerprint density at radius 3 is 2.63 bits per heavy atom. The van der Waals surface area contributed by atoms with E-state index >= 15 is 0 Å². The molecule has 0 spiro atoms. The van der Waals surface area contributed by atoms with Crippen LogP contribution in [0.1, 0.15) is 76.9 Å². The lowest BCUT2D eigenvalue weighted by Crippen LogP contribution is -2.47. The first kappa shape index (κ1) is 19.0. The highest BCUT2D eigenvalue weighted by atomic mass is 16.2. The van der Waals surface area contributed by atoms with Gasteiger partial charge in [-0.15, -0.1) is 0 Å². The lowest BCUT2D eigenvalue weighted by atomic mass is 9.95. The van der Waals surface area contributed by atoms with Crippen LogP contribution in [0.2, 0.25) is 0 Å². The van der Waals surface area contributed by atoms with Crippen LogP contribution in [0.4, 0.5) is 0 Å². The summed E-state index contributed by atoms with van der Waals surface area (Å²) in [6.45, 7) is 8.31. The molecule has 1 atom stereocenters. The van der Waals surface area contributed by atoms with Crippen molar-refractivity contribution < 1.29 is 4.79 Å². The van der Waals surface area contributed by atoms with Crippen molar-refractivity contribution in [2.24, 2.45) is 11.8 Å². The summed E-state index contributed by atoms with van der Waals surface area (Å²) in [7, 11) is 0. The molecule has 0 radical (unpaired) electrons. The molecule has 1 aromatic rings. The Balaban J connectivity index is 1.46. The van der Waals surface area contributed by atoms with Crippen LogP contribution in [0, 0.1) is 11.8 Å². The summed E-state index contributed by atoms with van der Waals surface area (Å²) in [5.41, 5.74) is 1.33. The second-order valence-corrected chi connectivity index (χ2v) is 9.37. The zero-order chi connectivity index (χ0) is 18.8. The van der Waals surface area contributed by atoms with E-state index in [4.69, 9.17) is 0 Å². The van der Waals surface area contributed by atoms with Gasteiger partial charge >= 0.3 is 0 Å². The number of aromatic nitrogens is 2. The molecule has 1 aromatic heterocycles. The van der Waals surface area contributed by atoms with Crippen molar-refractivity contribution in [1.82, 2.24) is 19.4 Å². The maximum atomic E-state index is 12.8. The molecule has 0 N–H and O–H groups in total. The van der Waals surface area contributed by atoms with Gasteiger partial charge in [0, 0.05) is 50.9 Å². The van der Waals surface area contributed by atoms with E-state index in [9.17, 15) is 4.79 Å². The van der Waals surface area contributed by atoms with Crippen LogP contribution in [-0.4, -0.2) is 50.9 Å². The van der Waals surface area contributed by atoms with E-state index in [0.717, 1.165) is 32.1 Å². The van der Waals surface area contributed by atoms with E-state index in [2.05, 4.69) is 33.2 Å². The summed E-state index contributed by atoms with van der Waals surface area (Å²) < 4.78 is 2.43. The summed E-state index contributed by atoms with van der Waals surface area (Å²) in [4.78, 5) is 22.0. The number of carbonyl (C=O) groups excluding carboxylic acids is 1. The number of hydrogen-bond acceptors (Lipinski definition) is 3. The maximum Gasteiger partial charge on any atom is 0.224 e. The van der Waals surface area contributed by atoms with Crippen LogP contribution in [0.3, 0.4) is 0 Å². The topological polar surface area (TPSA) is 41.4 Å². The zero-order valence-corrected chi connectivity index (χ0v) is 17.1. The third-order valence-electron chi connectivity index (χ3n) is 6.83. The van der Waals surface area contributed by atoms with Crippen molar-refractivity contribution in [3.05, 3.63) is 18.2 Å². The molecule has 27 heavy (non-hydrogen) atoms. The highest BCUT2D eigenvalue weighted by Gasteiger charge is 2.35. The number of carbonyl (C=O) groups is 1. The minimum Gasteiger partial charge on any atom is -0.338 e. The van der Waals surface area contributed by atoms with E-state index in [-0.39, 0.29) is 0 Å². The van der Waals surface area contributed by atoms with Crippen LogP contribution in [-0.2, 0) is 11.3 Å². The molecule has 3 aliphatic rings. The minimum absolute atomic E-state index is 0.339. The average molecular weight is 373 g/mol. The number of nitrogens with zero attached hydrogens (tertiary/aromatic N) is 4. The Hall–Kier alpha value is -1.36. The molecule has 1 amide bonds. The van der Waals surface area contributed by atoms with Crippen molar-refractivity contribution in [3.63, 3.8) is 0 Å². The molecule has 5 nitrogen and oxygen atoms in total. The Kier molecular flexibility index (Phi) is 5.86. The average Bonchev–Trinajstić information content (AvgIpc) is 3.40. The molecule has 5 heteroatoms. The third-order valence-corrected chi connectivity index (χ3v) is 6.83. The molecule has 4 rings (SSSR count). The zero-order valence-electron chi connectivity index (χ0n) is 17.1. The van der Waals surface area contributed by atoms with Gasteiger partial charge < -0.3 is 9.47 Å². The fourth-order valence-electron chi connectivity index (χ4n) is 4.94. The van der Waals surface area contributed by atoms with Crippen molar-refractivity contribution in [3.8, 4) is 0 Å². The maximum absolute atomic E-state index is 12.8. The highest BCUT2D eigenvalue weighted by Crippen LogP contribution is 2.33. The Bertz CT molecular complexity index is 630. The van der Waals surface area contributed by atoms with Crippen molar-refractivity contribution >= 4 is 5.91 Å². The number of imidazole rings is 1. The molecular formula is C22H36N4O. The lowest BCUT2D eigenvalue weighted by molar-refractivity contribution is -0.133. The first-order valence-corrected chi connectivity index (χ1v) is 11.1. The van der Waals surface area contributed by atoms with Crippen LogP contribution >= 0.6 is 0 Å². The van der Waals surface area contributed by atoms with E-state index in [1.54, 1.807) is 0 Å². The Morgan fingerprint density at radius 1 is 1.15 bits per heavy atom. The summed E-state index contributed by atoms with van der Waals surface area (Å²) in [6.07, 6.45) is 14.0. The molecule has 3 fully saturated rings. The molecule has 2 saturated carbocycles. The van der Waals surface area contributed by atoms with Crippen LogP contribution < -0.4 is 0 Å². The summed E-state index contributed by atoms with van der Waals surface area (Å²) in [5.74, 6) is 1.62. The van der Waals surface area contributed by atoms with Crippen LogP contribution in [0.5, 0.6) is 0 Å². The second-order valence-electron chi connectivity index (χ2n) is 9.37. The van der Waals surface area contributed by atoms with Gasteiger partial charge in [0.2, 0.25) is 5.91 Å². The van der Waals surface area contributed by atoms with E-state index < -0.39 is 0 Å². The van der Waals surface area contributed by atoms with Gasteiger partial charge in [-0.05, 0) is 37.5 Å². The predicted octanol–water partition coefficient (Wildman–Crippen LogP) is 3.86. The first-order chi connectivity index (χ1) is 13.1. The fourth-order valence-corrected chi connectivity index (χ4v) is 4.94. The van der Waals surface area contributed by atoms with Gasteiger partial charge in [-0.1, -0.05) is 33.1 Å². The molecule has 1 saturated heterocycles. The minimum atomic E-state index is 0.339. The van der Waals surface area contributed by atoms with Crippen molar-refractivity contribution in [2.75, 3.05) is 19.6 Å². The van der Waals surface area contributed by atoms with Gasteiger partial charge in [0.15, 0.2) is 0 Å². The van der Waals surface area contributed by atoms with Gasteiger partial charge in [0.1, 0.15) is 0 Å². The lowest BCUT2D eigenvalue weighted by Gasteiger charge is -2.35. The second kappa shape index (κ2) is 8.34. The van der Waals surface area contributed by atoms with Gasteiger partial charge in [-0.25, -0.2) is 4.98 Å². The molecule has 1 aliphatic heterocycles. The molecule has 150 valence electrons. The highest BCUT2D eigenvalue weighted by molar-refractivity contribution is 5.77. The predicted molar refractivity (Wildman–Crippen MR) is 107 cm³/mol. The fraction of sp³-hybridized carbons (Fsp3) is 0.818. The number of rotatable bonds is 6. The Morgan fingerprint density at radius 2 is 1.93 bits per heavy atom. The van der Waals surface area contributed by atoms with Crippen LogP contribution in [0.15, 0.2) is 12.5 Å². The summed E-state index contributed by atoms with van der Waals surface area (Å²) in [6, 6.07) is 0.962. The quantitative estimate of drug-likeness (QED) is 0.761. The van der Waals surface area contributed by atoms with E-state index in [0.29, 0.717) is 30.3 Å². The third kappa shape index (κ3) is 4.56. The number of amides is 1. The number of hydrogen-bond donors (Lipinski definition) is 0. The Labute approximate surface area is 164 Å². The van der Waals surface area contributed by atoms with Gasteiger partial charge in [-0.3, -0.25) is 9.69 Å². The standard InChI is InChI=1S/C22H36N4O/c1-17(2)21-15-24(11-10-22(27)25(21)13-18-8-9-18)14-20-12-23-16-26(20)19-6-4-3-5-7-19/h12,16-19,21H,3-11,13-15H2,1-2H3/t21-/m1/s1. The molecule has 0 bridgehead atoms. The SMILES string of the molecule is CC(C)[C@H]1CN(Cc2cncn2C2CCCCC2)CCC(=O)N1CC1CC1. The van der Waals surface area contributed by atoms with Gasteiger partial charge in [0.05, 0.1) is 12.0 Å². The van der Waals surface area contributed by atoms with Crippen molar-refractivity contribution in [2.45, 2.75) is 83.8 Å². The summed E-state index contributed by atoms with van der Waals surface area (Å²) in [5, 5.41) is 0. The molecule has 0 unspecified atom stereocenters. The van der Waals surface area contributed by atoms with Crippen LogP contribution in [0.25, 0.3) is 0 Å². The normalized spacial score (nSPS) is 26.0. The smallest absolute Gasteiger partial charge is 0.224 e.